The van der Waals surface area contributed by atoms with E-state index in [1.807, 2.05) is 36.4 Å². The number of nitrogens with one attached hydrogen (secondary N) is 1. The predicted molar refractivity (Wildman–Crippen MR) is 96.0 cm³/mol. The number of carbonyl (C=O) groups is 1. The van der Waals surface area contributed by atoms with Crippen molar-refractivity contribution < 1.29 is 4.79 Å². The molecule has 0 bridgehead atoms. The molecule has 0 heterocycles. The van der Waals surface area contributed by atoms with Crippen molar-refractivity contribution in [3.63, 3.8) is 0 Å². The van der Waals surface area contributed by atoms with E-state index in [1.54, 1.807) is 0 Å². The minimum absolute atomic E-state index is 0.00348. The lowest BCUT2D eigenvalue weighted by molar-refractivity contribution is -0.113. The lowest BCUT2D eigenvalue weighted by Crippen LogP contribution is -2.13. The number of carbonyl (C=O) groups excluding carboxylic acids is 1. The third-order valence-corrected chi connectivity index (χ3v) is 4.82. The van der Waals surface area contributed by atoms with E-state index in [2.05, 4.69) is 31.3 Å². The van der Waals surface area contributed by atoms with E-state index < -0.39 is 0 Å². The molecule has 1 atom stereocenters. The van der Waals surface area contributed by atoms with Crippen LogP contribution in [0.15, 0.2) is 53.4 Å². The smallest absolute Gasteiger partial charge is 0.234 e. The van der Waals surface area contributed by atoms with Gasteiger partial charge in [0.05, 0.1) is 5.75 Å². The standard InChI is InChI=1S/C18H20ClNOS/c1-3-13(2)14-4-8-16(9-5-14)20-18(21)12-22-17-10-6-15(19)7-11-17/h4-11,13H,3,12H2,1-2H3,(H,20,21)/t13-/m1/s1. The van der Waals surface area contributed by atoms with Crippen molar-refractivity contribution in [1.82, 2.24) is 0 Å². The summed E-state index contributed by atoms with van der Waals surface area (Å²) in [6.07, 6.45) is 1.11. The van der Waals surface area contributed by atoms with Gasteiger partial charge >= 0.3 is 0 Å². The highest BCUT2D eigenvalue weighted by molar-refractivity contribution is 8.00. The normalized spacial score (nSPS) is 12.0. The Morgan fingerprint density at radius 2 is 1.77 bits per heavy atom. The summed E-state index contributed by atoms with van der Waals surface area (Å²) in [5.41, 5.74) is 2.14. The van der Waals surface area contributed by atoms with E-state index in [0.717, 1.165) is 17.0 Å². The van der Waals surface area contributed by atoms with Crippen molar-refractivity contribution in [2.45, 2.75) is 31.1 Å². The lowest BCUT2D eigenvalue weighted by Gasteiger charge is -2.10. The molecule has 0 aliphatic rings. The van der Waals surface area contributed by atoms with E-state index in [-0.39, 0.29) is 5.91 Å². The molecule has 0 aliphatic carbocycles. The molecule has 0 saturated carbocycles. The van der Waals surface area contributed by atoms with Gasteiger partial charge in [-0.1, -0.05) is 37.6 Å². The second-order valence-corrected chi connectivity index (χ2v) is 6.71. The van der Waals surface area contributed by atoms with Gasteiger partial charge in [0, 0.05) is 15.6 Å². The first kappa shape index (κ1) is 16.9. The Morgan fingerprint density at radius 3 is 2.36 bits per heavy atom. The number of rotatable bonds is 6. The maximum Gasteiger partial charge on any atom is 0.234 e. The highest BCUT2D eigenvalue weighted by atomic mass is 35.5. The van der Waals surface area contributed by atoms with Gasteiger partial charge in [-0.3, -0.25) is 4.79 Å². The van der Waals surface area contributed by atoms with Gasteiger partial charge in [-0.25, -0.2) is 0 Å². The number of hydrogen-bond donors (Lipinski definition) is 1. The Bertz CT molecular complexity index is 610. The molecule has 0 aromatic heterocycles. The van der Waals surface area contributed by atoms with Crippen LogP contribution in [0.3, 0.4) is 0 Å². The van der Waals surface area contributed by atoms with Crippen LogP contribution in [0.25, 0.3) is 0 Å². The Morgan fingerprint density at radius 1 is 1.14 bits per heavy atom. The second kappa shape index (κ2) is 8.25. The van der Waals surface area contributed by atoms with Gasteiger partial charge < -0.3 is 5.32 Å². The molecule has 2 aromatic carbocycles. The average molecular weight is 334 g/mol. The molecule has 4 heteroatoms. The summed E-state index contributed by atoms with van der Waals surface area (Å²) in [4.78, 5) is 13.0. The van der Waals surface area contributed by atoms with Crippen molar-refractivity contribution in [3.8, 4) is 0 Å². The van der Waals surface area contributed by atoms with Gasteiger partial charge in [-0.05, 0) is 54.3 Å². The monoisotopic (exact) mass is 333 g/mol. The molecule has 2 rings (SSSR count). The zero-order valence-corrected chi connectivity index (χ0v) is 14.4. The van der Waals surface area contributed by atoms with Gasteiger partial charge in [0.15, 0.2) is 0 Å². The third kappa shape index (κ3) is 5.08. The summed E-state index contributed by atoms with van der Waals surface area (Å²) < 4.78 is 0. The number of thioether (sulfide) groups is 1. The molecule has 1 N–H and O–H groups in total. The van der Waals surface area contributed by atoms with Gasteiger partial charge in [-0.2, -0.15) is 0 Å². The summed E-state index contributed by atoms with van der Waals surface area (Å²) in [7, 11) is 0. The molecule has 0 radical (unpaired) electrons. The van der Waals surface area contributed by atoms with Crippen LogP contribution in [0.2, 0.25) is 5.02 Å². The minimum atomic E-state index is -0.00348. The number of anilines is 1. The lowest BCUT2D eigenvalue weighted by atomic mass is 9.99. The fourth-order valence-electron chi connectivity index (χ4n) is 2.01. The number of halogens is 1. The van der Waals surface area contributed by atoms with Crippen LogP contribution in [0.1, 0.15) is 31.7 Å². The van der Waals surface area contributed by atoms with E-state index >= 15 is 0 Å². The first-order valence-electron chi connectivity index (χ1n) is 7.36. The topological polar surface area (TPSA) is 29.1 Å². The molecule has 22 heavy (non-hydrogen) atoms. The van der Waals surface area contributed by atoms with E-state index in [4.69, 9.17) is 11.6 Å². The fourth-order valence-corrected chi connectivity index (χ4v) is 2.83. The summed E-state index contributed by atoms with van der Waals surface area (Å²) in [5.74, 6) is 0.927. The molecule has 0 fully saturated rings. The average Bonchev–Trinajstić information content (AvgIpc) is 2.54. The summed E-state index contributed by atoms with van der Waals surface area (Å²) in [5, 5.41) is 3.63. The molecule has 0 aliphatic heterocycles. The van der Waals surface area contributed by atoms with Crippen LogP contribution >= 0.6 is 23.4 Å². The molecular weight excluding hydrogens is 314 g/mol. The van der Waals surface area contributed by atoms with Gasteiger partial charge in [0.25, 0.3) is 0 Å². The highest BCUT2D eigenvalue weighted by Gasteiger charge is 2.06. The molecule has 1 amide bonds. The predicted octanol–water partition coefficient (Wildman–Crippen LogP) is 5.58. The molecule has 116 valence electrons. The zero-order chi connectivity index (χ0) is 15.9. The van der Waals surface area contributed by atoms with Crippen LogP contribution in [0.4, 0.5) is 5.69 Å². The van der Waals surface area contributed by atoms with Gasteiger partial charge in [0.2, 0.25) is 5.91 Å². The minimum Gasteiger partial charge on any atom is -0.325 e. The van der Waals surface area contributed by atoms with E-state index in [1.165, 1.54) is 17.3 Å². The Kier molecular flexibility index (Phi) is 6.34. The van der Waals surface area contributed by atoms with Gasteiger partial charge in [0.1, 0.15) is 0 Å². The largest absolute Gasteiger partial charge is 0.325 e. The van der Waals surface area contributed by atoms with Crippen LogP contribution in [-0.4, -0.2) is 11.7 Å². The molecule has 2 nitrogen and oxygen atoms in total. The number of amides is 1. The summed E-state index contributed by atoms with van der Waals surface area (Å²) in [6.45, 7) is 4.38. The molecular formula is C18H20ClNOS. The Hall–Kier alpha value is -1.45. The quantitative estimate of drug-likeness (QED) is 0.699. The fraction of sp³-hybridized carbons (Fsp3) is 0.278. The molecule has 0 saturated heterocycles. The van der Waals surface area contributed by atoms with E-state index in [9.17, 15) is 4.79 Å². The molecule has 0 unspecified atom stereocenters. The van der Waals surface area contributed by atoms with Crippen LogP contribution in [-0.2, 0) is 4.79 Å². The number of hydrogen-bond acceptors (Lipinski definition) is 2. The van der Waals surface area contributed by atoms with Crippen molar-refractivity contribution in [2.75, 3.05) is 11.1 Å². The van der Waals surface area contributed by atoms with Crippen molar-refractivity contribution in [3.05, 3.63) is 59.1 Å². The van der Waals surface area contributed by atoms with Crippen molar-refractivity contribution in [1.29, 1.82) is 0 Å². The Balaban J connectivity index is 1.85. The second-order valence-electron chi connectivity index (χ2n) is 5.22. The highest BCUT2D eigenvalue weighted by Crippen LogP contribution is 2.22. The summed E-state index contributed by atoms with van der Waals surface area (Å²) in [6, 6.07) is 15.6. The first-order chi connectivity index (χ1) is 10.6. The maximum absolute atomic E-state index is 12.0. The molecule has 0 spiro atoms. The summed E-state index contributed by atoms with van der Waals surface area (Å²) >= 11 is 7.34. The van der Waals surface area contributed by atoms with Crippen molar-refractivity contribution in [2.24, 2.45) is 0 Å². The van der Waals surface area contributed by atoms with Crippen LogP contribution in [0.5, 0.6) is 0 Å². The third-order valence-electron chi connectivity index (χ3n) is 3.56. The Labute approximate surface area is 141 Å². The zero-order valence-electron chi connectivity index (χ0n) is 12.8. The van der Waals surface area contributed by atoms with E-state index in [0.29, 0.717) is 16.7 Å². The van der Waals surface area contributed by atoms with Gasteiger partial charge in [-0.15, -0.1) is 11.8 Å². The number of benzene rings is 2. The maximum atomic E-state index is 12.0. The van der Waals surface area contributed by atoms with Crippen LogP contribution in [0, 0.1) is 0 Å². The SMILES string of the molecule is CC[C@@H](C)c1ccc(NC(=O)CSc2ccc(Cl)cc2)cc1. The van der Waals surface area contributed by atoms with Crippen LogP contribution < -0.4 is 5.32 Å². The van der Waals surface area contributed by atoms with Crippen molar-refractivity contribution >= 4 is 35.0 Å². The molecule has 2 aromatic rings. The first-order valence-corrected chi connectivity index (χ1v) is 8.73.